The highest BCUT2D eigenvalue weighted by molar-refractivity contribution is 6.01. The Hall–Kier alpha value is -8.86. The first-order chi connectivity index (χ1) is 38.5. The van der Waals surface area contributed by atoms with E-state index in [2.05, 4.69) is 52.8 Å². The molecule has 0 radical (unpaired) electrons. The maximum absolute atomic E-state index is 13.9. The molecule has 3 aromatic rings. The van der Waals surface area contributed by atoms with Crippen molar-refractivity contribution >= 4 is 98.8 Å². The number of amides is 9. The number of carboxylic acids is 3. The minimum absolute atomic E-state index is 0.162. The van der Waals surface area contributed by atoms with Gasteiger partial charge in [-0.1, -0.05) is 71.4 Å². The molecular weight excluding hydrogens is 1080 g/mol. The molecule has 0 bridgehead atoms. The van der Waals surface area contributed by atoms with E-state index in [1.165, 1.54) is 27.7 Å². The minimum Gasteiger partial charge on any atom is -0.481 e. The molecule has 448 valence electrons. The van der Waals surface area contributed by atoms with Crippen LogP contribution in [0.3, 0.4) is 0 Å². The highest BCUT2D eigenvalue weighted by atomic mass is 16.5. The molecule has 29 heteroatoms. The van der Waals surface area contributed by atoms with Gasteiger partial charge in [-0.3, -0.25) is 57.5 Å². The molecule has 29 nitrogen and oxygen atoms in total. The van der Waals surface area contributed by atoms with Gasteiger partial charge in [-0.15, -0.1) is 0 Å². The van der Waals surface area contributed by atoms with E-state index in [0.717, 1.165) is 12.3 Å². The summed E-state index contributed by atoms with van der Waals surface area (Å²) in [5, 5.41) is 61.4. The van der Waals surface area contributed by atoms with Crippen LogP contribution >= 0.6 is 0 Å². The zero-order valence-electron chi connectivity index (χ0n) is 46.5. The molecule has 0 saturated heterocycles. The van der Waals surface area contributed by atoms with Crippen molar-refractivity contribution in [1.29, 1.82) is 0 Å². The minimum atomic E-state index is -2.04. The van der Waals surface area contributed by atoms with Crippen molar-refractivity contribution in [2.75, 3.05) is 6.54 Å². The lowest BCUT2D eigenvalue weighted by Gasteiger charge is -2.29. The Kier molecular flexibility index (Phi) is 26.1. The lowest BCUT2D eigenvalue weighted by molar-refractivity contribution is -0.143. The van der Waals surface area contributed by atoms with Crippen LogP contribution in [0.1, 0.15) is 93.9 Å². The van der Waals surface area contributed by atoms with E-state index >= 15 is 0 Å². The Morgan fingerprint density at radius 2 is 0.976 bits per heavy atom. The molecular formula is C53H73N11O18. The molecule has 10 atom stereocenters. The molecule has 82 heavy (non-hydrogen) atoms. The van der Waals surface area contributed by atoms with Crippen molar-refractivity contribution in [2.24, 2.45) is 17.6 Å². The summed E-state index contributed by atoms with van der Waals surface area (Å²) in [6.45, 7) is 10.9. The van der Waals surface area contributed by atoms with Gasteiger partial charge in [0.25, 0.3) is 0 Å². The highest BCUT2D eigenvalue weighted by Crippen LogP contribution is 2.28. The van der Waals surface area contributed by atoms with Gasteiger partial charge in [-0.2, -0.15) is 0 Å². The molecule has 3 rings (SSSR count). The lowest BCUT2D eigenvalue weighted by atomic mass is 9.99. The molecule has 1 aromatic heterocycles. The maximum Gasteiger partial charge on any atom is 0.334 e. The number of hydrogen-bond donors (Lipinski definition) is 14. The van der Waals surface area contributed by atoms with E-state index in [1.807, 2.05) is 36.4 Å². The van der Waals surface area contributed by atoms with Crippen LogP contribution in [-0.4, -0.2) is 169 Å². The number of ether oxygens (including phenoxy) is 1. The number of fused-ring (bicyclic) bond motifs is 2. The molecule has 2 aromatic carbocycles. The number of pyridine rings is 1. The number of nitrogens with one attached hydrogen (secondary N) is 9. The molecule has 0 unspecified atom stereocenters. The molecule has 0 aliphatic heterocycles. The first-order valence-corrected chi connectivity index (χ1v) is 26.2. The number of hydrogen-bond acceptors (Lipinski definition) is 17. The lowest BCUT2D eigenvalue weighted by Crippen LogP contribution is -2.62. The number of nitrogens with two attached hydrogens (primary N) is 1. The van der Waals surface area contributed by atoms with E-state index in [0.29, 0.717) is 22.8 Å². The Morgan fingerprint density at radius 3 is 1.50 bits per heavy atom. The van der Waals surface area contributed by atoms with Crippen LogP contribution in [0.2, 0.25) is 0 Å². The summed E-state index contributed by atoms with van der Waals surface area (Å²) < 4.78 is 5.78. The predicted molar refractivity (Wildman–Crippen MR) is 290 cm³/mol. The van der Waals surface area contributed by atoms with Gasteiger partial charge in [0.05, 0.1) is 31.0 Å². The van der Waals surface area contributed by atoms with Crippen LogP contribution in [-0.2, 0) is 62.3 Å². The summed E-state index contributed by atoms with van der Waals surface area (Å²) in [6.07, 6.45) is -4.99. The van der Waals surface area contributed by atoms with Gasteiger partial charge in [-0.25, -0.2) is 9.78 Å². The van der Waals surface area contributed by atoms with Gasteiger partial charge >= 0.3 is 23.9 Å². The Morgan fingerprint density at radius 1 is 0.512 bits per heavy atom. The predicted octanol–water partition coefficient (Wildman–Crippen LogP) is -2.04. The van der Waals surface area contributed by atoms with Crippen molar-refractivity contribution in [3.63, 3.8) is 0 Å². The SMILES string of the molecule is CCC[C@H](NC(=O)[C@H](C)NC(=O)[C@@H](NC(=O)[C@@H](NC(=O)[C@H](CC(=O)O)NC(=O)[C@H](CCC(=O)O)NC(=O)[C@@H](NC(=O)[C@H](CC(=O)O)NC(=O)[C@H](C)NC(=O)CN)[C@@H](C)O)C(C)C)C(C)C)C(=O)Oc1cccc2cc3ccccc3nc12. The third-order valence-electron chi connectivity index (χ3n) is 12.5. The number of rotatable bonds is 32. The third kappa shape index (κ3) is 20.7. The van der Waals surface area contributed by atoms with Crippen LogP contribution in [0.15, 0.2) is 48.5 Å². The second-order valence-corrected chi connectivity index (χ2v) is 20.0. The van der Waals surface area contributed by atoms with Crippen molar-refractivity contribution < 1.29 is 87.5 Å². The highest BCUT2D eigenvalue weighted by Gasteiger charge is 2.38. The molecule has 1 heterocycles. The maximum atomic E-state index is 13.9. The van der Waals surface area contributed by atoms with Crippen LogP contribution in [0.5, 0.6) is 5.75 Å². The number of esters is 1. The summed E-state index contributed by atoms with van der Waals surface area (Å²) in [6, 6.07) is -0.199. The van der Waals surface area contributed by atoms with Crippen molar-refractivity contribution in [3.8, 4) is 5.75 Å². The number of carbonyl (C=O) groups is 13. The van der Waals surface area contributed by atoms with E-state index < -0.39 is 182 Å². The number of aliphatic hydroxyl groups excluding tert-OH is 1. The van der Waals surface area contributed by atoms with E-state index in [9.17, 15) is 82.8 Å². The standard InChI is InChI=1S/C53H73N11O18/c1-9-13-33(53(81)82-36-17-12-15-30-20-29-14-10-11-16-31(29)57-44(30)36)59-46(74)27(7)56-50(78)41(24(2)3)63-51(79)42(25(4)5)62-48(76)35(22-40(71)72)61-47(75)32(18-19-38(67)68)58-52(80)43(28(8)65)64-49(77)34(21-39(69)70)60-45(73)26(6)55-37(66)23-54/h10-12,14-17,20,24-28,32-35,41-43,65H,9,13,18-19,21-23,54H2,1-8H3,(H,55,66)(H,56,78)(H,58,80)(H,59,74)(H,60,73)(H,61,75)(H,62,76)(H,63,79)(H,64,77)(H,67,68)(H,69,70)(H,71,72)/t26-,27-,28+,32-,33-,34-,35-,41-,42-,43-/m0/s1. The van der Waals surface area contributed by atoms with Gasteiger partial charge in [0, 0.05) is 17.2 Å². The topological polar surface area (TPSA) is 459 Å². The number of aromatic nitrogens is 1. The molecule has 0 fully saturated rings. The Labute approximate surface area is 470 Å². The number of para-hydroxylation sites is 2. The van der Waals surface area contributed by atoms with Crippen molar-refractivity contribution in [3.05, 3.63) is 48.5 Å². The first kappa shape index (κ1) is 67.4. The van der Waals surface area contributed by atoms with Gasteiger partial charge in [0.2, 0.25) is 53.2 Å². The number of carbonyl (C=O) groups excluding carboxylic acids is 10. The molecule has 15 N–H and O–H groups in total. The number of carboxylic acid groups (broad SMARTS) is 3. The van der Waals surface area contributed by atoms with Gasteiger partial charge in [-0.05, 0) is 63.6 Å². The smallest absolute Gasteiger partial charge is 0.334 e. The fourth-order valence-electron chi connectivity index (χ4n) is 7.97. The third-order valence-corrected chi connectivity index (χ3v) is 12.5. The summed E-state index contributed by atoms with van der Waals surface area (Å²) in [7, 11) is 0. The molecule has 0 aliphatic carbocycles. The van der Waals surface area contributed by atoms with Gasteiger partial charge < -0.3 is 78.7 Å². The number of aliphatic hydroxyl groups is 1. The van der Waals surface area contributed by atoms with E-state index in [4.69, 9.17) is 10.5 Å². The van der Waals surface area contributed by atoms with Gasteiger partial charge in [0.15, 0.2) is 5.75 Å². The summed E-state index contributed by atoms with van der Waals surface area (Å²) >= 11 is 0. The number of benzene rings is 2. The van der Waals surface area contributed by atoms with Gasteiger partial charge in [0.1, 0.15) is 59.9 Å². The van der Waals surface area contributed by atoms with Crippen LogP contribution in [0.25, 0.3) is 21.8 Å². The fourth-order valence-corrected chi connectivity index (χ4v) is 7.97. The average Bonchev–Trinajstić information content (AvgIpc) is 3.43. The van der Waals surface area contributed by atoms with Crippen LogP contribution in [0, 0.1) is 11.8 Å². The monoisotopic (exact) mass is 1150 g/mol. The fraction of sp³-hybridized carbons (Fsp3) is 0.509. The second-order valence-electron chi connectivity index (χ2n) is 20.0. The summed E-state index contributed by atoms with van der Waals surface area (Å²) in [4.78, 5) is 174. The molecule has 0 aliphatic rings. The number of aliphatic carboxylic acids is 3. The van der Waals surface area contributed by atoms with Crippen molar-refractivity contribution in [2.45, 2.75) is 154 Å². The second kappa shape index (κ2) is 31.8. The normalized spacial score (nSPS) is 14.8. The average molecular weight is 1150 g/mol. The Balaban J connectivity index is 1.76. The summed E-state index contributed by atoms with van der Waals surface area (Å²) in [5.74, 6) is -16.6. The summed E-state index contributed by atoms with van der Waals surface area (Å²) in [5.41, 5.74) is 6.33. The molecule has 9 amide bonds. The quantitative estimate of drug-likeness (QED) is 0.0182. The van der Waals surface area contributed by atoms with Crippen LogP contribution in [0.4, 0.5) is 0 Å². The van der Waals surface area contributed by atoms with Crippen molar-refractivity contribution in [1.82, 2.24) is 52.8 Å². The van der Waals surface area contributed by atoms with E-state index in [1.54, 1.807) is 32.9 Å². The molecule has 0 spiro atoms. The first-order valence-electron chi connectivity index (χ1n) is 26.2. The zero-order valence-corrected chi connectivity index (χ0v) is 46.5. The molecule has 0 saturated carbocycles. The Bertz CT molecular complexity index is 2860. The number of nitrogens with zero attached hydrogens (tertiary/aromatic N) is 1. The largest absolute Gasteiger partial charge is 0.481 e. The van der Waals surface area contributed by atoms with Crippen LogP contribution < -0.4 is 58.3 Å². The van der Waals surface area contributed by atoms with E-state index in [-0.39, 0.29) is 12.2 Å². The zero-order chi connectivity index (χ0) is 61.7.